The Balaban J connectivity index is 1.55. The molecule has 3 saturated heterocycles. The fourth-order valence-electron chi connectivity index (χ4n) is 4.20. The molecule has 0 aliphatic carbocycles. The van der Waals surface area contributed by atoms with Crippen molar-refractivity contribution in [1.29, 1.82) is 0 Å². The van der Waals surface area contributed by atoms with Gasteiger partial charge in [0.25, 0.3) is 0 Å². The van der Waals surface area contributed by atoms with Crippen molar-refractivity contribution in [2.75, 3.05) is 19.6 Å². The highest BCUT2D eigenvalue weighted by atomic mass is 32.2. The maximum atomic E-state index is 13.3. The number of carbonyl (C=O) groups excluding carboxylic acids is 5. The van der Waals surface area contributed by atoms with Gasteiger partial charge in [0.2, 0.25) is 16.9 Å². The first-order valence-electron chi connectivity index (χ1n) is 10.9. The first-order chi connectivity index (χ1) is 17.5. The quantitative estimate of drug-likeness (QED) is 0.0965. The number of thioether (sulfide) groups is 1. The number of nitrogens with zero attached hydrogens (tertiary/aromatic N) is 5. The minimum absolute atomic E-state index is 0.122. The molecular weight excluding hydrogens is 526 g/mol. The fourth-order valence-corrected chi connectivity index (χ4v) is 6.53. The number of hydrogen-bond donors (Lipinski definition) is 1. The first kappa shape index (κ1) is 26.9. The number of β-lactam (4-membered cyclic amide) rings is 1. The van der Waals surface area contributed by atoms with Crippen molar-refractivity contribution in [1.82, 2.24) is 19.8 Å². The molecule has 3 amide bonds. The summed E-state index contributed by atoms with van der Waals surface area (Å²) in [5.74, 6) is 2.02. The topological polar surface area (TPSA) is 174 Å². The molecule has 4 rings (SSSR count). The van der Waals surface area contributed by atoms with Crippen LogP contribution in [0.25, 0.3) is 0 Å². The number of aromatic nitrogens is 1. The Bertz CT molecular complexity index is 1180. The smallest absolute Gasteiger partial charge is 0.378 e. The molecule has 0 unspecified atom stereocenters. The normalized spacial score (nSPS) is 26.0. The minimum Gasteiger partial charge on any atom is -0.541 e. The Morgan fingerprint density at radius 1 is 1.30 bits per heavy atom. The molecule has 2 N–H and O–H groups in total. The lowest BCUT2D eigenvalue weighted by Crippen LogP contribution is -2.60. The molecule has 1 aromatic rings. The molecule has 4 heterocycles. The number of urea groups is 1. The number of Topliss-reactive ketones (excluding diaryl/α,β-unsaturated/α-hetero) is 1. The van der Waals surface area contributed by atoms with E-state index in [1.807, 2.05) is 0 Å². The van der Waals surface area contributed by atoms with Crippen molar-refractivity contribution < 1.29 is 38.1 Å². The second-order valence-corrected chi connectivity index (χ2v) is 10.9. The molecule has 3 aliphatic heterocycles. The largest absolute Gasteiger partial charge is 0.541 e. The van der Waals surface area contributed by atoms with Gasteiger partial charge in [-0.25, -0.2) is 20.4 Å². The molecule has 1 aromatic heterocycles. The SMILES string of the molecule is [B]OC(=O)[C@H](C)O/N=C(\C(=O)C[C@@H]1C(=O)N2C[C@@](C(=O)O[B])(N3CCN(N)C3=O)S[C@H]12)c1csc(C)n1. The maximum Gasteiger partial charge on any atom is 0.378 e. The Morgan fingerprint density at radius 3 is 2.59 bits per heavy atom. The molecule has 0 saturated carbocycles. The molecule has 3 fully saturated rings. The van der Waals surface area contributed by atoms with E-state index in [0.29, 0.717) is 5.01 Å². The lowest BCUT2D eigenvalue weighted by Gasteiger charge is -2.40. The highest BCUT2D eigenvalue weighted by Crippen LogP contribution is 2.53. The van der Waals surface area contributed by atoms with E-state index in [1.165, 1.54) is 28.1 Å². The van der Waals surface area contributed by atoms with Crippen LogP contribution in [-0.4, -0.2) is 107 Å². The Kier molecular flexibility index (Phi) is 7.52. The summed E-state index contributed by atoms with van der Waals surface area (Å²) in [6.45, 7) is 3.18. The number of nitrogens with two attached hydrogens (primary N) is 1. The van der Waals surface area contributed by atoms with E-state index in [2.05, 4.69) is 19.4 Å². The van der Waals surface area contributed by atoms with Crippen LogP contribution >= 0.6 is 23.1 Å². The Morgan fingerprint density at radius 2 is 2.03 bits per heavy atom. The molecular formula is C19H20B2N6O8S2. The third-order valence-corrected chi connectivity index (χ3v) is 8.64. The fraction of sp³-hybridized carbons (Fsp3) is 0.526. The molecule has 3 aliphatic rings. The summed E-state index contributed by atoms with van der Waals surface area (Å²) in [4.78, 5) is 73.4. The number of aryl methyl sites for hydroxylation is 1. The van der Waals surface area contributed by atoms with Crippen LogP contribution in [0.1, 0.15) is 24.0 Å². The number of fused-ring (bicyclic) bond motifs is 1. The van der Waals surface area contributed by atoms with E-state index in [-0.39, 0.29) is 37.5 Å². The summed E-state index contributed by atoms with van der Waals surface area (Å²) in [5.41, 5.74) is 0.00618. The average molecular weight is 546 g/mol. The van der Waals surface area contributed by atoms with Crippen LogP contribution in [0.5, 0.6) is 0 Å². The number of amides is 3. The van der Waals surface area contributed by atoms with Crippen LogP contribution in [0.2, 0.25) is 0 Å². The maximum absolute atomic E-state index is 13.3. The summed E-state index contributed by atoms with van der Waals surface area (Å²) < 4.78 is 8.58. The summed E-state index contributed by atoms with van der Waals surface area (Å²) in [5, 5.41) is 6.37. The van der Waals surface area contributed by atoms with E-state index in [1.54, 1.807) is 12.3 Å². The van der Waals surface area contributed by atoms with Gasteiger partial charge in [-0.3, -0.25) is 24.3 Å². The van der Waals surface area contributed by atoms with Crippen LogP contribution in [0, 0.1) is 12.8 Å². The van der Waals surface area contributed by atoms with E-state index in [4.69, 9.17) is 26.8 Å². The van der Waals surface area contributed by atoms with Crippen molar-refractivity contribution in [2.24, 2.45) is 16.9 Å². The number of carbonyl (C=O) groups is 5. The van der Waals surface area contributed by atoms with Crippen molar-refractivity contribution in [2.45, 2.75) is 36.6 Å². The summed E-state index contributed by atoms with van der Waals surface area (Å²) in [6, 6.07) is -0.615. The monoisotopic (exact) mass is 546 g/mol. The van der Waals surface area contributed by atoms with E-state index >= 15 is 0 Å². The second kappa shape index (κ2) is 10.3. The third kappa shape index (κ3) is 4.68. The zero-order chi connectivity index (χ0) is 27.1. The predicted molar refractivity (Wildman–Crippen MR) is 130 cm³/mol. The molecule has 192 valence electrons. The van der Waals surface area contributed by atoms with Gasteiger partial charge in [-0.05, 0) is 13.8 Å². The molecule has 0 bridgehead atoms. The number of hydrazine groups is 1. The van der Waals surface area contributed by atoms with Gasteiger partial charge >= 0.3 is 34.1 Å². The van der Waals surface area contributed by atoms with Gasteiger partial charge < -0.3 is 19.0 Å². The average Bonchev–Trinajstić information content (AvgIpc) is 3.58. The lowest BCUT2D eigenvalue weighted by molar-refractivity contribution is -0.153. The van der Waals surface area contributed by atoms with Gasteiger partial charge in [0.15, 0.2) is 11.5 Å². The van der Waals surface area contributed by atoms with Gasteiger partial charge in [0, 0.05) is 18.3 Å². The highest BCUT2D eigenvalue weighted by Gasteiger charge is 2.66. The van der Waals surface area contributed by atoms with Crippen LogP contribution in [0.15, 0.2) is 10.5 Å². The van der Waals surface area contributed by atoms with Crippen LogP contribution < -0.4 is 5.84 Å². The molecule has 37 heavy (non-hydrogen) atoms. The minimum atomic E-state index is -1.61. The van der Waals surface area contributed by atoms with Gasteiger partial charge in [-0.15, -0.1) is 11.3 Å². The van der Waals surface area contributed by atoms with Gasteiger partial charge in [-0.1, -0.05) is 16.9 Å². The number of oxime groups is 1. The van der Waals surface area contributed by atoms with Gasteiger partial charge in [-0.2, -0.15) is 0 Å². The van der Waals surface area contributed by atoms with E-state index in [0.717, 1.165) is 16.8 Å². The summed E-state index contributed by atoms with van der Waals surface area (Å²) in [6.07, 6.45) is -1.51. The van der Waals surface area contributed by atoms with Crippen LogP contribution in [-0.2, 0) is 33.3 Å². The van der Waals surface area contributed by atoms with Crippen LogP contribution in [0.4, 0.5) is 4.79 Å². The third-order valence-electron chi connectivity index (χ3n) is 6.14. The number of ketones is 1. The van der Waals surface area contributed by atoms with Crippen molar-refractivity contribution in [3.8, 4) is 0 Å². The molecule has 18 heteroatoms. The zero-order valence-corrected chi connectivity index (χ0v) is 21.3. The Hall–Kier alpha value is -3.11. The van der Waals surface area contributed by atoms with Crippen LogP contribution in [0.3, 0.4) is 0 Å². The van der Waals surface area contributed by atoms with Crippen molar-refractivity contribution >= 4 is 74.6 Å². The second-order valence-electron chi connectivity index (χ2n) is 8.40. The van der Waals surface area contributed by atoms with E-state index in [9.17, 15) is 24.0 Å². The first-order valence-corrected chi connectivity index (χ1v) is 12.6. The van der Waals surface area contributed by atoms with Gasteiger partial charge in [0.1, 0.15) is 5.69 Å². The number of hydrogen-bond acceptors (Lipinski definition) is 13. The molecule has 4 radical (unpaired) electrons. The number of rotatable bonds is 9. The molecule has 4 atom stereocenters. The van der Waals surface area contributed by atoms with Crippen molar-refractivity contribution in [3.05, 3.63) is 16.1 Å². The zero-order valence-electron chi connectivity index (χ0n) is 19.7. The van der Waals surface area contributed by atoms with Gasteiger partial charge in [0.05, 0.1) is 29.4 Å². The standard InChI is InChI=1S/C19H20B2N6O8S2/c1-8(16(30)33-20)35-24-13(11-6-36-9(2)23-11)12(28)5-10-14(29)25-7-19(17(31)34-21,37-15(10)25)26-3-4-27(22)18(26)32/h6,8,10,15H,3-5,7,22H2,1-2H3/b24-13-/t8-,10+,15+,19+/m0/s1. The van der Waals surface area contributed by atoms with Crippen molar-refractivity contribution in [3.63, 3.8) is 0 Å². The van der Waals surface area contributed by atoms with E-state index < -0.39 is 51.9 Å². The Labute approximate surface area is 221 Å². The molecule has 0 spiro atoms. The summed E-state index contributed by atoms with van der Waals surface area (Å²) >= 11 is 2.26. The highest BCUT2D eigenvalue weighted by molar-refractivity contribution is 8.02. The molecule has 0 aromatic carbocycles. The predicted octanol–water partition coefficient (Wildman–Crippen LogP) is -1.39. The summed E-state index contributed by atoms with van der Waals surface area (Å²) in [7, 11) is 10.0. The molecule has 14 nitrogen and oxygen atoms in total. The number of thiazole rings is 1. The lowest BCUT2D eigenvalue weighted by atomic mass is 9.90.